The summed E-state index contributed by atoms with van der Waals surface area (Å²) in [7, 11) is 0. The number of phenols is 1. The van der Waals surface area contributed by atoms with E-state index in [9.17, 15) is 19.1 Å². The van der Waals surface area contributed by atoms with Crippen LogP contribution in [0.4, 0.5) is 19.0 Å². The summed E-state index contributed by atoms with van der Waals surface area (Å²) in [5, 5.41) is 21.5. The van der Waals surface area contributed by atoms with Crippen LogP contribution < -0.4 is 14.4 Å². The molecule has 4 aliphatic rings. The van der Waals surface area contributed by atoms with Gasteiger partial charge in [-0.1, -0.05) is 12.0 Å². The number of ether oxygens (including phenoxy) is 3. The molecule has 0 bridgehead atoms. The Labute approximate surface area is 267 Å². The van der Waals surface area contributed by atoms with Crippen molar-refractivity contribution in [3.63, 3.8) is 0 Å². The van der Waals surface area contributed by atoms with E-state index in [0.29, 0.717) is 31.4 Å². The van der Waals surface area contributed by atoms with Gasteiger partial charge >= 0.3 is 6.01 Å². The molecule has 4 aromatic rings. The Kier molecular flexibility index (Phi) is 7.01. The highest BCUT2D eigenvalue weighted by atomic mass is 19.1. The van der Waals surface area contributed by atoms with Crippen molar-refractivity contribution in [1.82, 2.24) is 19.9 Å². The van der Waals surface area contributed by atoms with Crippen LogP contribution in [-0.4, -0.2) is 88.3 Å². The number of benzene rings is 2. The molecule has 2 aromatic carbocycles. The Morgan fingerprint density at radius 3 is 2.87 bits per heavy atom. The van der Waals surface area contributed by atoms with Gasteiger partial charge in [0.05, 0.1) is 29.8 Å². The lowest BCUT2D eigenvalue weighted by Crippen LogP contribution is -2.46. The molecule has 47 heavy (non-hydrogen) atoms. The first-order chi connectivity index (χ1) is 22.8. The van der Waals surface area contributed by atoms with Gasteiger partial charge < -0.3 is 24.2 Å². The molecule has 8 rings (SSSR count). The fourth-order valence-electron chi connectivity index (χ4n) is 7.68. The van der Waals surface area contributed by atoms with Crippen LogP contribution >= 0.6 is 0 Å². The number of rotatable bonds is 4. The zero-order valence-corrected chi connectivity index (χ0v) is 25.2. The molecule has 0 aliphatic carbocycles. The number of terminal acetylenes is 1. The van der Waals surface area contributed by atoms with Crippen LogP contribution in [0.15, 0.2) is 24.3 Å². The molecule has 2 aromatic heterocycles. The molecule has 13 heteroatoms. The monoisotopic (exact) mass is 642 g/mol. The van der Waals surface area contributed by atoms with E-state index < -0.39 is 35.4 Å². The predicted octanol–water partition coefficient (Wildman–Crippen LogP) is 4.65. The average Bonchev–Trinajstić information content (AvgIpc) is 3.43. The molecule has 6 heterocycles. The molecule has 3 saturated heterocycles. The molecule has 1 N–H and O–H groups in total. The van der Waals surface area contributed by atoms with Gasteiger partial charge in [-0.2, -0.15) is 15.2 Å². The number of phenolic OH excluding ortho intramolecular Hbond substituents is 1. The van der Waals surface area contributed by atoms with E-state index >= 15 is 4.39 Å². The maximum absolute atomic E-state index is 17.0. The molecular weight excluding hydrogens is 613 g/mol. The average molecular weight is 643 g/mol. The second-order valence-electron chi connectivity index (χ2n) is 12.5. The number of aromatic hydroxyl groups is 1. The second-order valence-corrected chi connectivity index (χ2v) is 12.5. The molecule has 0 amide bonds. The summed E-state index contributed by atoms with van der Waals surface area (Å²) in [5.41, 5.74) is -1.10. The third-order valence-corrected chi connectivity index (χ3v) is 9.78. The van der Waals surface area contributed by atoms with Gasteiger partial charge in [-0.05, 0) is 43.0 Å². The van der Waals surface area contributed by atoms with Crippen LogP contribution in [0.5, 0.6) is 17.6 Å². The summed E-state index contributed by atoms with van der Waals surface area (Å²) in [6.07, 6.45) is 7.05. The number of halogens is 3. The Hall–Kier alpha value is -4.85. The molecule has 4 atom stereocenters. The highest BCUT2D eigenvalue weighted by Gasteiger charge is 2.49. The van der Waals surface area contributed by atoms with E-state index in [2.05, 4.69) is 26.9 Å². The summed E-state index contributed by atoms with van der Waals surface area (Å²) in [5.74, 6) is 0.700. The predicted molar refractivity (Wildman–Crippen MR) is 165 cm³/mol. The van der Waals surface area contributed by atoms with Gasteiger partial charge in [0.15, 0.2) is 11.6 Å². The first-order valence-corrected chi connectivity index (χ1v) is 15.5. The number of hydrogen-bond acceptors (Lipinski definition) is 10. The van der Waals surface area contributed by atoms with Crippen LogP contribution in [0.25, 0.3) is 32.9 Å². The van der Waals surface area contributed by atoms with Crippen molar-refractivity contribution >= 4 is 27.5 Å². The lowest BCUT2D eigenvalue weighted by Gasteiger charge is -2.32. The van der Waals surface area contributed by atoms with Crippen molar-refractivity contribution in [2.75, 3.05) is 44.4 Å². The first-order valence-electron chi connectivity index (χ1n) is 15.5. The number of anilines is 1. The summed E-state index contributed by atoms with van der Waals surface area (Å²) >= 11 is 0. The van der Waals surface area contributed by atoms with Crippen LogP contribution in [-0.2, 0) is 4.74 Å². The van der Waals surface area contributed by atoms with Gasteiger partial charge in [-0.3, -0.25) is 4.90 Å². The molecule has 240 valence electrons. The van der Waals surface area contributed by atoms with Gasteiger partial charge in [0, 0.05) is 36.9 Å². The molecule has 3 fully saturated rings. The third kappa shape index (κ3) is 4.68. The molecule has 0 saturated carbocycles. The van der Waals surface area contributed by atoms with Gasteiger partial charge in [-0.15, -0.1) is 6.42 Å². The van der Waals surface area contributed by atoms with Crippen molar-refractivity contribution in [3.05, 3.63) is 41.5 Å². The van der Waals surface area contributed by atoms with Gasteiger partial charge in [-0.25, -0.2) is 18.2 Å². The molecule has 0 spiro atoms. The lowest BCUT2D eigenvalue weighted by molar-refractivity contribution is 0.107. The standard InChI is InChI=1S/C34H29F3N6O4/c1-2-23-25(36)5-4-18-10-22(44)11-24(26(18)23)29-28(37)30-27-31(43-20(13-38)6-9-45-15-21(43)16-46-32(27)39-29)41-33(40-30)47-17-34-7-3-8-42(34)14-19(35)12-34/h1,4-5,10-11,19-21,44H,3,6-9,12,14-17H2/t19-,20-,21+,34+/m1/s1. The van der Waals surface area contributed by atoms with Gasteiger partial charge in [0.25, 0.3) is 0 Å². The minimum absolute atomic E-state index is 0.0190. The third-order valence-electron chi connectivity index (χ3n) is 9.78. The van der Waals surface area contributed by atoms with E-state index in [0.717, 1.165) is 19.4 Å². The van der Waals surface area contributed by atoms with Gasteiger partial charge in [0.1, 0.15) is 53.6 Å². The summed E-state index contributed by atoms with van der Waals surface area (Å²) in [4.78, 5) is 17.6. The Morgan fingerprint density at radius 1 is 1.17 bits per heavy atom. The van der Waals surface area contributed by atoms with Crippen LogP contribution in [0.2, 0.25) is 0 Å². The molecular formula is C34H29F3N6O4. The van der Waals surface area contributed by atoms with Gasteiger partial charge in [0.2, 0.25) is 5.88 Å². The highest BCUT2D eigenvalue weighted by molar-refractivity contribution is 6.04. The molecule has 0 unspecified atom stereocenters. The number of hydrogen-bond donors (Lipinski definition) is 1. The van der Waals surface area contributed by atoms with Crippen molar-refractivity contribution in [3.8, 4) is 47.3 Å². The normalized spacial score (nSPS) is 25.4. The van der Waals surface area contributed by atoms with E-state index in [4.69, 9.17) is 25.6 Å². The minimum atomic E-state index is -0.976. The van der Waals surface area contributed by atoms with Crippen molar-refractivity contribution in [2.45, 2.75) is 49.5 Å². The summed E-state index contributed by atoms with van der Waals surface area (Å²) in [6.45, 7) is 1.75. The highest BCUT2D eigenvalue weighted by Crippen LogP contribution is 2.45. The van der Waals surface area contributed by atoms with Crippen molar-refractivity contribution < 1.29 is 32.5 Å². The number of aromatic nitrogens is 3. The first kappa shape index (κ1) is 29.5. The molecule has 0 radical (unpaired) electrons. The minimum Gasteiger partial charge on any atom is -0.508 e. The topological polar surface area (TPSA) is 117 Å². The largest absolute Gasteiger partial charge is 0.508 e. The van der Waals surface area contributed by atoms with Crippen LogP contribution in [0.3, 0.4) is 0 Å². The fraction of sp³-hybridized carbons (Fsp3) is 0.412. The van der Waals surface area contributed by atoms with E-state index in [1.54, 1.807) is 4.90 Å². The Bertz CT molecular complexity index is 2030. The summed E-state index contributed by atoms with van der Waals surface area (Å²) in [6, 6.07) is 6.26. The van der Waals surface area contributed by atoms with Crippen LogP contribution in [0.1, 0.15) is 31.2 Å². The smallest absolute Gasteiger partial charge is 0.319 e. The fourth-order valence-corrected chi connectivity index (χ4v) is 7.68. The number of fused-ring (bicyclic) bond motifs is 4. The van der Waals surface area contributed by atoms with E-state index in [-0.39, 0.29) is 76.4 Å². The number of pyridine rings is 1. The Morgan fingerprint density at radius 2 is 2.04 bits per heavy atom. The zero-order chi connectivity index (χ0) is 32.4. The lowest BCUT2D eigenvalue weighted by atomic mass is 9.95. The van der Waals surface area contributed by atoms with Crippen molar-refractivity contribution in [1.29, 1.82) is 5.26 Å². The summed E-state index contributed by atoms with van der Waals surface area (Å²) < 4.78 is 64.6. The number of alkyl halides is 1. The van der Waals surface area contributed by atoms with E-state index in [1.165, 1.54) is 24.3 Å². The Balaban J connectivity index is 1.36. The quantitative estimate of drug-likeness (QED) is 0.316. The van der Waals surface area contributed by atoms with Crippen LogP contribution in [0, 0.1) is 35.3 Å². The maximum atomic E-state index is 17.0. The maximum Gasteiger partial charge on any atom is 0.319 e. The number of nitriles is 1. The SMILES string of the molecule is C#Cc1c(F)ccc2cc(O)cc(-c3nc4c5c(nc(OC[C@@]67CCCN6C[C@H](F)C7)nc5c3F)N3[C@@H](COCC[C@@H]3C#N)CO4)c12. The zero-order valence-electron chi connectivity index (χ0n) is 25.2. The molecule has 4 aliphatic heterocycles. The number of nitrogens with zero attached hydrogens (tertiary/aromatic N) is 6. The molecule has 10 nitrogen and oxygen atoms in total. The second kappa shape index (κ2) is 11.1. The van der Waals surface area contributed by atoms with E-state index in [1.807, 2.05) is 0 Å². The van der Waals surface area contributed by atoms with Crippen molar-refractivity contribution in [2.24, 2.45) is 0 Å².